The fraction of sp³-hybridized carbons (Fsp3) is 0.778. The number of hydrogen-bond acceptors (Lipinski definition) is 4. The molecule has 82 valence electrons. The summed E-state index contributed by atoms with van der Waals surface area (Å²) < 4.78 is 9.41. The Bertz CT molecular complexity index is 203. The monoisotopic (exact) mass is 222 g/mol. The van der Waals surface area contributed by atoms with Crippen LogP contribution in [0.5, 0.6) is 0 Å². The van der Waals surface area contributed by atoms with Gasteiger partial charge in [0, 0.05) is 0 Å². The molecule has 0 amide bonds. The molecular weight excluding hydrogens is 208 g/mol. The lowest BCUT2D eigenvalue weighted by Crippen LogP contribution is -2.28. The van der Waals surface area contributed by atoms with E-state index in [0.717, 1.165) is 0 Å². The molecule has 14 heavy (non-hydrogen) atoms. The molecule has 2 atom stereocenters. The highest BCUT2D eigenvalue weighted by Crippen LogP contribution is 2.10. The number of halogens is 1. The first-order chi connectivity index (χ1) is 6.52. The third-order valence-electron chi connectivity index (χ3n) is 1.54. The summed E-state index contributed by atoms with van der Waals surface area (Å²) in [5.41, 5.74) is -0.731. The molecule has 2 unspecified atom stereocenters. The normalized spacial score (nSPS) is 14.3. The predicted octanol–water partition coefficient (Wildman–Crippen LogP) is 1.70. The van der Waals surface area contributed by atoms with Crippen molar-refractivity contribution in [2.24, 2.45) is 5.92 Å². The van der Waals surface area contributed by atoms with Gasteiger partial charge in [0.05, 0.1) is 6.61 Å². The number of carbonyl (C=O) groups is 2. The van der Waals surface area contributed by atoms with Crippen molar-refractivity contribution < 1.29 is 19.1 Å². The number of carbonyl (C=O) groups excluding carboxylic acids is 2. The molecule has 0 aliphatic rings. The largest absolute Gasteiger partial charge is 0.465 e. The molecule has 0 aliphatic heterocycles. The zero-order valence-corrected chi connectivity index (χ0v) is 9.34. The van der Waals surface area contributed by atoms with Crippen LogP contribution in [0.3, 0.4) is 0 Å². The molecule has 0 fully saturated rings. The second kappa shape index (κ2) is 6.65. The maximum Gasteiger partial charge on any atom is 0.321 e. The van der Waals surface area contributed by atoms with Crippen molar-refractivity contribution >= 4 is 23.5 Å². The third kappa shape index (κ3) is 4.46. The predicted molar refractivity (Wildman–Crippen MR) is 51.8 cm³/mol. The Kier molecular flexibility index (Phi) is 6.28. The Balaban J connectivity index is 4.25. The van der Waals surface area contributed by atoms with Crippen LogP contribution < -0.4 is 0 Å². The molecule has 0 N–H and O–H groups in total. The van der Waals surface area contributed by atoms with Gasteiger partial charge in [0.1, 0.15) is 0 Å². The summed E-state index contributed by atoms with van der Waals surface area (Å²) in [4.78, 5) is 22.5. The van der Waals surface area contributed by atoms with Crippen LogP contribution in [0.1, 0.15) is 27.2 Å². The van der Waals surface area contributed by atoms with Gasteiger partial charge in [-0.25, -0.2) is 0 Å². The Morgan fingerprint density at radius 1 is 1.29 bits per heavy atom. The van der Waals surface area contributed by atoms with E-state index in [-0.39, 0.29) is 6.61 Å². The first kappa shape index (κ1) is 13.2. The summed E-state index contributed by atoms with van der Waals surface area (Å²) in [5, 5.41) is 0. The minimum Gasteiger partial charge on any atom is -0.465 e. The zero-order valence-electron chi connectivity index (χ0n) is 8.58. The van der Waals surface area contributed by atoms with E-state index in [0.29, 0.717) is 6.42 Å². The Morgan fingerprint density at radius 3 is 2.21 bits per heavy atom. The standard InChI is InChI=1S/C9H15ClO4/c1-4-7(8(11)13-5-2)9(12)14-6(3)10/h6-7H,4-5H2,1-3H3. The second-order valence-electron chi connectivity index (χ2n) is 2.69. The van der Waals surface area contributed by atoms with Crippen molar-refractivity contribution in [1.29, 1.82) is 0 Å². The number of ether oxygens (including phenoxy) is 2. The fourth-order valence-corrected chi connectivity index (χ4v) is 1.00. The summed E-state index contributed by atoms with van der Waals surface area (Å²) in [5.74, 6) is -2.05. The molecule has 0 radical (unpaired) electrons. The topological polar surface area (TPSA) is 52.6 Å². The first-order valence-corrected chi connectivity index (χ1v) is 4.97. The van der Waals surface area contributed by atoms with Crippen LogP contribution in [0.15, 0.2) is 0 Å². The maximum atomic E-state index is 11.3. The van der Waals surface area contributed by atoms with Crippen LogP contribution in [0.25, 0.3) is 0 Å². The molecule has 0 heterocycles. The van der Waals surface area contributed by atoms with E-state index >= 15 is 0 Å². The Hall–Kier alpha value is -0.770. The van der Waals surface area contributed by atoms with Gasteiger partial charge in [-0.2, -0.15) is 0 Å². The van der Waals surface area contributed by atoms with Gasteiger partial charge in [0.15, 0.2) is 11.5 Å². The fourth-order valence-electron chi connectivity index (χ4n) is 0.915. The molecule has 0 saturated carbocycles. The number of rotatable bonds is 5. The lowest BCUT2D eigenvalue weighted by Gasteiger charge is -2.13. The van der Waals surface area contributed by atoms with E-state index in [9.17, 15) is 9.59 Å². The summed E-state index contributed by atoms with van der Waals surface area (Å²) in [6.07, 6.45) is 0.348. The van der Waals surface area contributed by atoms with Crippen molar-refractivity contribution in [2.45, 2.75) is 32.8 Å². The van der Waals surface area contributed by atoms with E-state index < -0.39 is 23.4 Å². The molecule has 0 rings (SSSR count). The lowest BCUT2D eigenvalue weighted by atomic mass is 10.1. The Morgan fingerprint density at radius 2 is 1.86 bits per heavy atom. The highest BCUT2D eigenvalue weighted by atomic mass is 35.5. The SMILES string of the molecule is CCOC(=O)C(CC)C(=O)OC(C)Cl. The van der Waals surface area contributed by atoms with E-state index in [4.69, 9.17) is 21.1 Å². The van der Waals surface area contributed by atoms with Crippen LogP contribution >= 0.6 is 11.6 Å². The minimum atomic E-state index is -0.865. The van der Waals surface area contributed by atoms with Crippen molar-refractivity contribution in [2.75, 3.05) is 6.61 Å². The Labute approximate surface area is 88.5 Å². The second-order valence-corrected chi connectivity index (χ2v) is 3.31. The molecule has 0 spiro atoms. The molecule has 5 heteroatoms. The van der Waals surface area contributed by atoms with Crippen LogP contribution in [0, 0.1) is 5.92 Å². The van der Waals surface area contributed by atoms with Gasteiger partial charge in [-0.05, 0) is 20.3 Å². The van der Waals surface area contributed by atoms with Crippen LogP contribution in [-0.2, 0) is 19.1 Å². The number of alkyl halides is 1. The summed E-state index contributed by atoms with van der Waals surface area (Å²) in [6, 6.07) is 0. The van der Waals surface area contributed by atoms with Gasteiger partial charge < -0.3 is 9.47 Å². The maximum absolute atomic E-state index is 11.3. The zero-order chi connectivity index (χ0) is 11.1. The van der Waals surface area contributed by atoms with Crippen LogP contribution in [-0.4, -0.2) is 24.1 Å². The average molecular weight is 223 g/mol. The highest BCUT2D eigenvalue weighted by molar-refractivity contribution is 6.20. The van der Waals surface area contributed by atoms with E-state index in [1.54, 1.807) is 13.8 Å². The van der Waals surface area contributed by atoms with Gasteiger partial charge in [0.2, 0.25) is 0 Å². The minimum absolute atomic E-state index is 0.249. The van der Waals surface area contributed by atoms with Crippen molar-refractivity contribution in [3.63, 3.8) is 0 Å². The number of esters is 2. The van der Waals surface area contributed by atoms with Crippen molar-refractivity contribution in [3.8, 4) is 0 Å². The first-order valence-electron chi connectivity index (χ1n) is 4.54. The summed E-state index contributed by atoms with van der Waals surface area (Å²) >= 11 is 5.46. The quantitative estimate of drug-likeness (QED) is 0.404. The molecule has 0 bridgehead atoms. The van der Waals surface area contributed by atoms with E-state index in [2.05, 4.69) is 0 Å². The molecule has 0 aromatic carbocycles. The summed E-state index contributed by atoms with van der Waals surface area (Å²) in [7, 11) is 0. The molecule has 0 saturated heterocycles. The van der Waals surface area contributed by atoms with Crippen molar-refractivity contribution in [1.82, 2.24) is 0 Å². The molecular formula is C9H15ClO4. The van der Waals surface area contributed by atoms with E-state index in [1.165, 1.54) is 6.92 Å². The van der Waals surface area contributed by atoms with Gasteiger partial charge in [-0.3, -0.25) is 9.59 Å². The molecule has 0 aromatic heterocycles. The number of hydrogen-bond donors (Lipinski definition) is 0. The van der Waals surface area contributed by atoms with Crippen LogP contribution in [0.4, 0.5) is 0 Å². The summed E-state index contributed by atoms with van der Waals surface area (Å²) in [6.45, 7) is 5.15. The van der Waals surface area contributed by atoms with Gasteiger partial charge >= 0.3 is 11.9 Å². The lowest BCUT2D eigenvalue weighted by molar-refractivity contribution is -0.162. The average Bonchev–Trinajstić information content (AvgIpc) is 2.04. The van der Waals surface area contributed by atoms with Crippen LogP contribution in [0.2, 0.25) is 0 Å². The third-order valence-corrected chi connectivity index (χ3v) is 1.63. The van der Waals surface area contributed by atoms with Gasteiger partial charge in [-0.1, -0.05) is 18.5 Å². The smallest absolute Gasteiger partial charge is 0.321 e. The highest BCUT2D eigenvalue weighted by Gasteiger charge is 2.28. The van der Waals surface area contributed by atoms with Gasteiger partial charge in [-0.15, -0.1) is 0 Å². The van der Waals surface area contributed by atoms with Gasteiger partial charge in [0.25, 0.3) is 0 Å². The van der Waals surface area contributed by atoms with Crippen molar-refractivity contribution in [3.05, 3.63) is 0 Å². The molecule has 0 aromatic rings. The van der Waals surface area contributed by atoms with E-state index in [1.807, 2.05) is 0 Å². The molecule has 0 aliphatic carbocycles. The molecule has 4 nitrogen and oxygen atoms in total.